The highest BCUT2D eigenvalue weighted by atomic mass is 19.3. The molecule has 0 heterocycles. The van der Waals surface area contributed by atoms with Gasteiger partial charge in [-0.2, -0.15) is 0 Å². The van der Waals surface area contributed by atoms with Crippen LogP contribution in [0, 0.1) is 0 Å². The van der Waals surface area contributed by atoms with E-state index in [0.29, 0.717) is 0 Å². The van der Waals surface area contributed by atoms with E-state index in [4.69, 9.17) is 9.84 Å². The molecule has 1 amide bonds. The van der Waals surface area contributed by atoms with Gasteiger partial charge in [0.1, 0.15) is 11.4 Å². The minimum atomic E-state index is -2.90. The topological polar surface area (TPSA) is 95.9 Å². The fourth-order valence-corrected chi connectivity index (χ4v) is 1.84. The Bertz CT molecular complexity index is 584. The highest BCUT2D eigenvalue weighted by Crippen LogP contribution is 2.33. The molecule has 8 heteroatoms. The summed E-state index contributed by atoms with van der Waals surface area (Å²) in [6, 6.07) is 3.41. The molecule has 0 bridgehead atoms. The number of carbonyl (C=O) groups excluding carboxylic acids is 1. The van der Waals surface area contributed by atoms with E-state index in [-0.39, 0.29) is 17.0 Å². The summed E-state index contributed by atoms with van der Waals surface area (Å²) >= 11 is 0. The Labute approximate surface area is 132 Å². The van der Waals surface area contributed by atoms with Crippen LogP contribution < -0.4 is 5.32 Å². The molecule has 1 aromatic carbocycles. The first-order valence-electron chi connectivity index (χ1n) is 6.82. The molecule has 0 saturated heterocycles. The third-order valence-corrected chi connectivity index (χ3v) is 2.78. The number of hydrogen-bond acceptors (Lipinski definition) is 4. The van der Waals surface area contributed by atoms with Gasteiger partial charge in [0.25, 0.3) is 0 Å². The SMILES string of the molecule is CC(C)(C)OC(=O)Nc1cc(C(CC(=O)O)C(F)F)ccc1O. The number of nitrogens with one attached hydrogen (secondary N) is 1. The Kier molecular flexibility index (Phi) is 5.89. The van der Waals surface area contributed by atoms with Gasteiger partial charge in [-0.3, -0.25) is 10.1 Å². The zero-order valence-corrected chi connectivity index (χ0v) is 13.0. The van der Waals surface area contributed by atoms with Crippen LogP contribution in [0.15, 0.2) is 18.2 Å². The fraction of sp³-hybridized carbons (Fsp3) is 0.467. The van der Waals surface area contributed by atoms with Crippen LogP contribution in [0.25, 0.3) is 0 Å². The van der Waals surface area contributed by atoms with Crippen LogP contribution in [-0.4, -0.2) is 34.3 Å². The maximum atomic E-state index is 13.0. The van der Waals surface area contributed by atoms with Crippen molar-refractivity contribution < 1.29 is 33.3 Å². The van der Waals surface area contributed by atoms with E-state index in [9.17, 15) is 23.5 Å². The second-order valence-corrected chi connectivity index (χ2v) is 5.94. The van der Waals surface area contributed by atoms with Gasteiger partial charge in [0.2, 0.25) is 6.43 Å². The Hall–Kier alpha value is -2.38. The van der Waals surface area contributed by atoms with Crippen LogP contribution in [0.2, 0.25) is 0 Å². The zero-order valence-electron chi connectivity index (χ0n) is 13.0. The number of ether oxygens (including phenoxy) is 1. The van der Waals surface area contributed by atoms with E-state index < -0.39 is 36.4 Å². The van der Waals surface area contributed by atoms with Gasteiger partial charge >= 0.3 is 12.1 Å². The summed E-state index contributed by atoms with van der Waals surface area (Å²) in [5, 5.41) is 20.7. The van der Waals surface area contributed by atoms with E-state index in [1.54, 1.807) is 20.8 Å². The monoisotopic (exact) mass is 331 g/mol. The number of phenolic OH excluding ortho intramolecular Hbond substituents is 1. The largest absolute Gasteiger partial charge is 0.506 e. The van der Waals surface area contributed by atoms with Gasteiger partial charge in [-0.05, 0) is 38.5 Å². The van der Waals surface area contributed by atoms with Gasteiger partial charge in [-0.15, -0.1) is 0 Å². The Morgan fingerprint density at radius 2 is 1.91 bits per heavy atom. The number of amides is 1. The standard InChI is InChI=1S/C15H19F2NO5/c1-15(2,3)23-14(22)18-10-6-8(4-5-11(10)19)9(13(16)17)7-12(20)21/h4-6,9,13,19H,7H2,1-3H3,(H,18,22)(H,20,21). The van der Waals surface area contributed by atoms with E-state index in [1.165, 1.54) is 6.07 Å². The number of rotatable bonds is 5. The summed E-state index contributed by atoms with van der Waals surface area (Å²) in [6.07, 6.45) is -4.53. The lowest BCUT2D eigenvalue weighted by Crippen LogP contribution is -2.27. The third kappa shape index (κ3) is 6.09. The summed E-state index contributed by atoms with van der Waals surface area (Å²) in [4.78, 5) is 22.4. The number of carboxylic acid groups (broad SMARTS) is 1. The quantitative estimate of drug-likeness (QED) is 0.717. The van der Waals surface area contributed by atoms with Gasteiger partial charge < -0.3 is 14.9 Å². The highest BCUT2D eigenvalue weighted by molar-refractivity contribution is 5.87. The fourth-order valence-electron chi connectivity index (χ4n) is 1.84. The number of hydrogen-bond donors (Lipinski definition) is 3. The molecule has 3 N–H and O–H groups in total. The summed E-state index contributed by atoms with van der Waals surface area (Å²) < 4.78 is 31.1. The summed E-state index contributed by atoms with van der Waals surface area (Å²) in [7, 11) is 0. The Balaban J connectivity index is 3.02. The summed E-state index contributed by atoms with van der Waals surface area (Å²) in [6.45, 7) is 4.92. The number of halogens is 2. The molecule has 0 aliphatic rings. The molecule has 1 unspecified atom stereocenters. The number of phenols is 1. The normalized spacial score (nSPS) is 12.8. The molecule has 0 saturated carbocycles. The lowest BCUT2D eigenvalue weighted by Gasteiger charge is -2.20. The van der Waals surface area contributed by atoms with Crippen LogP contribution in [-0.2, 0) is 9.53 Å². The van der Waals surface area contributed by atoms with Crippen molar-refractivity contribution in [2.24, 2.45) is 0 Å². The number of anilines is 1. The molecule has 1 aromatic rings. The van der Waals surface area contributed by atoms with Crippen molar-refractivity contribution >= 4 is 17.7 Å². The molecule has 1 rings (SSSR count). The van der Waals surface area contributed by atoms with Crippen molar-refractivity contribution in [2.45, 2.75) is 45.1 Å². The lowest BCUT2D eigenvalue weighted by molar-refractivity contribution is -0.138. The number of aromatic hydroxyl groups is 1. The average Bonchev–Trinajstić information content (AvgIpc) is 2.36. The first kappa shape index (κ1) is 18.7. The number of benzene rings is 1. The van der Waals surface area contributed by atoms with Crippen molar-refractivity contribution in [3.63, 3.8) is 0 Å². The van der Waals surface area contributed by atoms with Crippen molar-refractivity contribution in [2.75, 3.05) is 5.32 Å². The zero-order chi connectivity index (χ0) is 17.8. The molecule has 128 valence electrons. The average molecular weight is 331 g/mol. The minimum Gasteiger partial charge on any atom is -0.506 e. The summed E-state index contributed by atoms with van der Waals surface area (Å²) in [5.41, 5.74) is -0.911. The van der Waals surface area contributed by atoms with Gasteiger partial charge in [0, 0.05) is 0 Å². The predicted molar refractivity (Wildman–Crippen MR) is 79.0 cm³/mol. The van der Waals surface area contributed by atoms with Gasteiger partial charge in [0.05, 0.1) is 18.0 Å². The minimum absolute atomic E-state index is 0.00809. The van der Waals surface area contributed by atoms with E-state index >= 15 is 0 Å². The smallest absolute Gasteiger partial charge is 0.412 e. The Morgan fingerprint density at radius 1 is 1.30 bits per heavy atom. The van der Waals surface area contributed by atoms with Crippen LogP contribution in [0.3, 0.4) is 0 Å². The van der Waals surface area contributed by atoms with Gasteiger partial charge in [0.15, 0.2) is 0 Å². The molecule has 0 aromatic heterocycles. The molecular formula is C15H19F2NO5. The first-order chi connectivity index (χ1) is 10.5. The maximum absolute atomic E-state index is 13.0. The molecule has 0 radical (unpaired) electrons. The molecule has 0 fully saturated rings. The van der Waals surface area contributed by atoms with Crippen molar-refractivity contribution in [3.8, 4) is 5.75 Å². The number of alkyl halides is 2. The second kappa shape index (κ2) is 7.26. The lowest BCUT2D eigenvalue weighted by atomic mass is 9.95. The summed E-state index contributed by atoms with van der Waals surface area (Å²) in [5.74, 6) is -3.26. The molecule has 6 nitrogen and oxygen atoms in total. The second-order valence-electron chi connectivity index (χ2n) is 5.94. The number of aliphatic carboxylic acids is 1. The van der Waals surface area contributed by atoms with Gasteiger partial charge in [-0.1, -0.05) is 6.07 Å². The van der Waals surface area contributed by atoms with Crippen LogP contribution in [0.5, 0.6) is 5.75 Å². The molecule has 23 heavy (non-hydrogen) atoms. The Morgan fingerprint density at radius 3 is 2.39 bits per heavy atom. The maximum Gasteiger partial charge on any atom is 0.412 e. The number of carboxylic acids is 1. The molecule has 0 aliphatic heterocycles. The molecule has 0 spiro atoms. The predicted octanol–water partition coefficient (Wildman–Crippen LogP) is 3.56. The molecule has 1 atom stereocenters. The van der Waals surface area contributed by atoms with Crippen LogP contribution in [0.4, 0.5) is 19.3 Å². The highest BCUT2D eigenvalue weighted by Gasteiger charge is 2.26. The van der Waals surface area contributed by atoms with Crippen molar-refractivity contribution in [1.29, 1.82) is 0 Å². The van der Waals surface area contributed by atoms with E-state index in [2.05, 4.69) is 5.32 Å². The molecule has 0 aliphatic carbocycles. The van der Waals surface area contributed by atoms with Gasteiger partial charge in [-0.25, -0.2) is 13.6 Å². The number of carbonyl (C=O) groups is 2. The van der Waals surface area contributed by atoms with Crippen LogP contribution in [0.1, 0.15) is 38.7 Å². The van der Waals surface area contributed by atoms with Crippen molar-refractivity contribution in [1.82, 2.24) is 0 Å². The molecular weight excluding hydrogens is 312 g/mol. The van der Waals surface area contributed by atoms with Crippen molar-refractivity contribution in [3.05, 3.63) is 23.8 Å². The van der Waals surface area contributed by atoms with Crippen LogP contribution >= 0.6 is 0 Å². The first-order valence-corrected chi connectivity index (χ1v) is 6.82. The van der Waals surface area contributed by atoms with E-state index in [0.717, 1.165) is 12.1 Å². The third-order valence-electron chi connectivity index (χ3n) is 2.78. The van der Waals surface area contributed by atoms with E-state index in [1.807, 2.05) is 0 Å².